The summed E-state index contributed by atoms with van der Waals surface area (Å²) in [7, 11) is 0. The van der Waals surface area contributed by atoms with Crippen LogP contribution in [0.4, 0.5) is 0 Å². The Labute approximate surface area is 154 Å². The number of carbonyl (C=O) groups excluding carboxylic acids is 1. The highest BCUT2D eigenvalue weighted by molar-refractivity contribution is 5.82. The van der Waals surface area contributed by atoms with Crippen molar-refractivity contribution in [2.75, 3.05) is 19.7 Å². The number of para-hydroxylation sites is 1. The summed E-state index contributed by atoms with van der Waals surface area (Å²) in [6.07, 6.45) is 1.73. The highest BCUT2D eigenvalue weighted by Gasteiger charge is 2.19. The Morgan fingerprint density at radius 3 is 3.07 bits per heavy atom. The fourth-order valence-electron chi connectivity index (χ4n) is 3.19. The second-order valence-corrected chi connectivity index (χ2v) is 6.44. The number of ether oxygens (including phenoxy) is 1. The van der Waals surface area contributed by atoms with Gasteiger partial charge in [-0.1, -0.05) is 18.2 Å². The lowest BCUT2D eigenvalue weighted by Crippen LogP contribution is -2.54. The van der Waals surface area contributed by atoms with Crippen LogP contribution in [0.25, 0.3) is 28.1 Å². The molecule has 136 valence electrons. The molecule has 1 atom stereocenters. The third-order valence-corrected chi connectivity index (χ3v) is 4.49. The van der Waals surface area contributed by atoms with Gasteiger partial charge in [0.25, 0.3) is 0 Å². The lowest BCUT2D eigenvalue weighted by Gasteiger charge is -2.23. The Hall–Kier alpha value is -3.39. The fraction of sp³-hybridized carbons (Fsp3) is 0.211. The topological polar surface area (TPSA) is 93.7 Å². The number of piperazine rings is 1. The number of fused-ring (bicyclic) bond motifs is 2. The van der Waals surface area contributed by atoms with Crippen molar-refractivity contribution in [2.45, 2.75) is 6.04 Å². The zero-order valence-corrected chi connectivity index (χ0v) is 14.4. The molecule has 8 heteroatoms. The first-order chi connectivity index (χ1) is 13.3. The largest absolute Gasteiger partial charge is 0.474 e. The minimum atomic E-state index is -0.0821. The summed E-state index contributed by atoms with van der Waals surface area (Å²) in [5.41, 5.74) is 2.26. The molecule has 1 amide bonds. The molecule has 4 aromatic rings. The lowest BCUT2D eigenvalue weighted by atomic mass is 10.2. The molecule has 3 aromatic heterocycles. The van der Waals surface area contributed by atoms with Crippen molar-refractivity contribution in [2.24, 2.45) is 0 Å². The number of nitrogens with zero attached hydrogens (tertiary/aromatic N) is 3. The minimum Gasteiger partial charge on any atom is -0.474 e. The first-order valence-electron chi connectivity index (χ1n) is 8.73. The number of amides is 1. The van der Waals surface area contributed by atoms with E-state index in [9.17, 15) is 4.79 Å². The van der Waals surface area contributed by atoms with Crippen LogP contribution in [0.5, 0.6) is 5.88 Å². The van der Waals surface area contributed by atoms with Crippen LogP contribution in [0.2, 0.25) is 0 Å². The van der Waals surface area contributed by atoms with Crippen molar-refractivity contribution in [1.29, 1.82) is 0 Å². The zero-order valence-electron chi connectivity index (χ0n) is 14.4. The van der Waals surface area contributed by atoms with Gasteiger partial charge >= 0.3 is 0 Å². The van der Waals surface area contributed by atoms with E-state index < -0.39 is 0 Å². The molecular formula is C19H17N5O3. The van der Waals surface area contributed by atoms with E-state index in [-0.39, 0.29) is 11.9 Å². The number of nitrogens with one attached hydrogen (secondary N) is 2. The van der Waals surface area contributed by atoms with Crippen LogP contribution in [0.3, 0.4) is 0 Å². The monoisotopic (exact) mass is 363 g/mol. The van der Waals surface area contributed by atoms with Gasteiger partial charge in [0.1, 0.15) is 17.9 Å². The minimum absolute atomic E-state index is 0.0277. The van der Waals surface area contributed by atoms with E-state index in [1.165, 1.54) is 0 Å². The molecule has 8 nitrogen and oxygen atoms in total. The SMILES string of the molecule is O=C1CNC[C@@H](COc2ccc3ncc(-c4cc5ccccc5o4)n3n2)N1. The van der Waals surface area contributed by atoms with E-state index in [0.29, 0.717) is 37.0 Å². The number of imidazole rings is 1. The summed E-state index contributed by atoms with van der Waals surface area (Å²) in [5.74, 6) is 1.12. The molecule has 0 radical (unpaired) electrons. The van der Waals surface area contributed by atoms with Crippen molar-refractivity contribution in [3.63, 3.8) is 0 Å². The van der Waals surface area contributed by atoms with Crippen molar-refractivity contribution in [1.82, 2.24) is 25.2 Å². The number of hydrogen-bond donors (Lipinski definition) is 2. The number of hydrogen-bond acceptors (Lipinski definition) is 6. The van der Waals surface area contributed by atoms with Gasteiger partial charge in [-0.25, -0.2) is 9.50 Å². The summed E-state index contributed by atoms with van der Waals surface area (Å²) in [6.45, 7) is 1.35. The molecule has 0 spiro atoms. The van der Waals surface area contributed by atoms with Gasteiger partial charge < -0.3 is 19.8 Å². The van der Waals surface area contributed by atoms with Gasteiger partial charge in [-0.2, -0.15) is 0 Å². The van der Waals surface area contributed by atoms with E-state index in [1.54, 1.807) is 16.8 Å². The molecule has 1 fully saturated rings. The molecule has 1 aliphatic heterocycles. The molecule has 2 N–H and O–H groups in total. The molecule has 0 aliphatic carbocycles. The standard InChI is InChI=1S/C19H17N5O3/c25-18-10-20-8-13(22-18)11-26-19-6-5-17-21-9-14(24(17)23-19)16-7-12-3-1-2-4-15(12)27-16/h1-7,9,13,20H,8,10-11H2,(H,22,25)/t13-/m0/s1. The van der Waals surface area contributed by atoms with Crippen molar-refractivity contribution < 1.29 is 13.9 Å². The normalized spacial score (nSPS) is 17.3. The van der Waals surface area contributed by atoms with Crippen LogP contribution in [-0.4, -0.2) is 46.2 Å². The molecule has 1 aliphatic rings. The molecule has 1 saturated heterocycles. The van der Waals surface area contributed by atoms with Crippen LogP contribution in [0.15, 0.2) is 53.1 Å². The Balaban J connectivity index is 1.43. The third-order valence-electron chi connectivity index (χ3n) is 4.49. The average Bonchev–Trinajstić information content (AvgIpc) is 3.29. The van der Waals surface area contributed by atoms with Crippen LogP contribution >= 0.6 is 0 Å². The number of carbonyl (C=O) groups is 1. The number of rotatable bonds is 4. The predicted molar refractivity (Wildman–Crippen MR) is 98.5 cm³/mol. The Morgan fingerprint density at radius 2 is 2.19 bits per heavy atom. The van der Waals surface area contributed by atoms with E-state index in [4.69, 9.17) is 9.15 Å². The van der Waals surface area contributed by atoms with Crippen LogP contribution in [0, 0.1) is 0 Å². The summed E-state index contributed by atoms with van der Waals surface area (Å²) in [6, 6.07) is 13.3. The second-order valence-electron chi connectivity index (χ2n) is 6.44. The fourth-order valence-corrected chi connectivity index (χ4v) is 3.19. The van der Waals surface area contributed by atoms with E-state index in [0.717, 1.165) is 16.7 Å². The highest BCUT2D eigenvalue weighted by atomic mass is 16.5. The van der Waals surface area contributed by atoms with Crippen LogP contribution < -0.4 is 15.4 Å². The predicted octanol–water partition coefficient (Wildman–Crippen LogP) is 1.61. The molecule has 0 bridgehead atoms. The Kier molecular flexibility index (Phi) is 3.75. The highest BCUT2D eigenvalue weighted by Crippen LogP contribution is 2.28. The Morgan fingerprint density at radius 1 is 1.26 bits per heavy atom. The number of benzene rings is 1. The molecule has 27 heavy (non-hydrogen) atoms. The number of furan rings is 1. The first-order valence-corrected chi connectivity index (χ1v) is 8.73. The summed E-state index contributed by atoms with van der Waals surface area (Å²) < 4.78 is 13.4. The zero-order chi connectivity index (χ0) is 18.2. The van der Waals surface area contributed by atoms with Crippen molar-refractivity contribution in [3.05, 3.63) is 48.7 Å². The molecule has 1 aromatic carbocycles. The maximum absolute atomic E-state index is 11.4. The molecule has 5 rings (SSSR count). The van der Waals surface area contributed by atoms with E-state index in [2.05, 4.69) is 20.7 Å². The quantitative estimate of drug-likeness (QED) is 0.572. The molecule has 4 heterocycles. The van der Waals surface area contributed by atoms with Gasteiger partial charge in [-0.3, -0.25) is 4.79 Å². The lowest BCUT2D eigenvalue weighted by molar-refractivity contribution is -0.122. The van der Waals surface area contributed by atoms with Crippen LogP contribution in [-0.2, 0) is 4.79 Å². The van der Waals surface area contributed by atoms with E-state index in [1.807, 2.05) is 36.4 Å². The third kappa shape index (κ3) is 3.00. The maximum Gasteiger partial charge on any atom is 0.234 e. The molecule has 0 saturated carbocycles. The van der Waals surface area contributed by atoms with Crippen molar-refractivity contribution >= 4 is 22.5 Å². The maximum atomic E-state index is 11.4. The summed E-state index contributed by atoms with van der Waals surface area (Å²) in [4.78, 5) is 15.8. The Bertz CT molecular complexity index is 1100. The average molecular weight is 363 g/mol. The summed E-state index contributed by atoms with van der Waals surface area (Å²) >= 11 is 0. The number of aromatic nitrogens is 3. The van der Waals surface area contributed by atoms with Gasteiger partial charge in [-0.15, -0.1) is 5.10 Å². The van der Waals surface area contributed by atoms with Gasteiger partial charge in [0.05, 0.1) is 18.8 Å². The smallest absolute Gasteiger partial charge is 0.234 e. The van der Waals surface area contributed by atoms with Gasteiger partial charge in [0.2, 0.25) is 11.8 Å². The van der Waals surface area contributed by atoms with Gasteiger partial charge in [0, 0.05) is 18.0 Å². The van der Waals surface area contributed by atoms with Crippen molar-refractivity contribution in [3.8, 4) is 17.3 Å². The first kappa shape index (κ1) is 15.8. The summed E-state index contributed by atoms with van der Waals surface area (Å²) in [5, 5.41) is 11.5. The van der Waals surface area contributed by atoms with E-state index >= 15 is 0 Å². The molecule has 0 unspecified atom stereocenters. The van der Waals surface area contributed by atoms with Gasteiger partial charge in [0.15, 0.2) is 11.4 Å². The van der Waals surface area contributed by atoms with Gasteiger partial charge in [-0.05, 0) is 18.2 Å². The second kappa shape index (κ2) is 6.40. The molecular weight excluding hydrogens is 346 g/mol. The van der Waals surface area contributed by atoms with Crippen LogP contribution in [0.1, 0.15) is 0 Å².